The molecule has 0 aliphatic heterocycles. The quantitative estimate of drug-likeness (QED) is 0.716. The van der Waals surface area contributed by atoms with Gasteiger partial charge in [0.05, 0.1) is 20.1 Å². The fourth-order valence-corrected chi connectivity index (χ4v) is 1.77. The summed E-state index contributed by atoms with van der Waals surface area (Å²) in [6.07, 6.45) is 0.286. The molecule has 0 atom stereocenters. The third kappa shape index (κ3) is 5.30. The van der Waals surface area contributed by atoms with Gasteiger partial charge in [-0.05, 0) is 24.6 Å². The number of nitrogens with zero attached hydrogens (tertiary/aromatic N) is 1. The number of amides is 1. The van der Waals surface area contributed by atoms with Gasteiger partial charge in [0.15, 0.2) is 0 Å². The fourth-order valence-electron chi connectivity index (χ4n) is 1.77. The van der Waals surface area contributed by atoms with Crippen LogP contribution in [-0.2, 0) is 20.9 Å². The van der Waals surface area contributed by atoms with Crippen LogP contribution < -0.4 is 4.74 Å². The van der Waals surface area contributed by atoms with Crippen LogP contribution in [0.4, 0.5) is 0 Å². The molecule has 110 valence electrons. The third-order valence-corrected chi connectivity index (χ3v) is 2.83. The predicted octanol–water partition coefficient (Wildman–Crippen LogP) is 2.00. The van der Waals surface area contributed by atoms with E-state index in [0.717, 1.165) is 11.3 Å². The number of hydrogen-bond donors (Lipinski definition) is 0. The second-order valence-corrected chi connectivity index (χ2v) is 4.41. The van der Waals surface area contributed by atoms with Gasteiger partial charge >= 0.3 is 5.97 Å². The lowest BCUT2D eigenvalue weighted by Crippen LogP contribution is -2.26. The molecule has 5 nitrogen and oxygen atoms in total. The van der Waals surface area contributed by atoms with Gasteiger partial charge in [0.25, 0.3) is 0 Å². The van der Waals surface area contributed by atoms with E-state index in [-0.39, 0.29) is 24.7 Å². The molecule has 0 spiro atoms. The average Bonchev–Trinajstić information content (AvgIpc) is 2.45. The molecule has 0 bridgehead atoms. The molecule has 0 radical (unpaired) electrons. The number of methoxy groups -OCH3 is 1. The molecule has 0 heterocycles. The molecule has 1 amide bonds. The van der Waals surface area contributed by atoms with E-state index in [9.17, 15) is 9.59 Å². The largest absolute Gasteiger partial charge is 0.497 e. The fraction of sp³-hybridized carbons (Fsp3) is 0.467. The number of carbonyl (C=O) groups excluding carboxylic acids is 2. The van der Waals surface area contributed by atoms with Crippen molar-refractivity contribution in [2.24, 2.45) is 0 Å². The molecule has 0 fully saturated rings. The van der Waals surface area contributed by atoms with Crippen molar-refractivity contribution in [3.8, 4) is 5.75 Å². The third-order valence-electron chi connectivity index (χ3n) is 2.83. The molecule has 0 saturated carbocycles. The first-order chi connectivity index (χ1) is 9.56. The normalized spacial score (nSPS) is 9.95. The lowest BCUT2D eigenvalue weighted by Gasteiger charge is -2.17. The van der Waals surface area contributed by atoms with Gasteiger partial charge in [-0.1, -0.05) is 12.1 Å². The van der Waals surface area contributed by atoms with E-state index >= 15 is 0 Å². The Hall–Kier alpha value is -2.04. The molecular weight excluding hydrogens is 258 g/mol. The minimum absolute atomic E-state index is 0.0825. The van der Waals surface area contributed by atoms with Crippen LogP contribution in [0.2, 0.25) is 0 Å². The zero-order valence-corrected chi connectivity index (χ0v) is 12.2. The Morgan fingerprint density at radius 2 is 2.00 bits per heavy atom. The Kier molecular flexibility index (Phi) is 6.56. The lowest BCUT2D eigenvalue weighted by molar-refractivity contribution is -0.145. The maximum absolute atomic E-state index is 11.9. The molecule has 0 N–H and O–H groups in total. The Morgan fingerprint density at radius 3 is 2.65 bits per heavy atom. The summed E-state index contributed by atoms with van der Waals surface area (Å²) in [7, 11) is 3.32. The molecule has 5 heteroatoms. The summed E-state index contributed by atoms with van der Waals surface area (Å²) in [5, 5.41) is 0. The van der Waals surface area contributed by atoms with Crippen molar-refractivity contribution in [2.45, 2.75) is 26.3 Å². The smallest absolute Gasteiger partial charge is 0.306 e. The van der Waals surface area contributed by atoms with Crippen LogP contribution in [0, 0.1) is 0 Å². The maximum atomic E-state index is 11.9. The molecule has 20 heavy (non-hydrogen) atoms. The van der Waals surface area contributed by atoms with E-state index in [4.69, 9.17) is 9.47 Å². The summed E-state index contributed by atoms with van der Waals surface area (Å²) in [5.41, 5.74) is 0.983. The first-order valence-corrected chi connectivity index (χ1v) is 6.59. The van der Waals surface area contributed by atoms with Gasteiger partial charge in [0, 0.05) is 20.0 Å². The Bertz CT molecular complexity index is 459. The van der Waals surface area contributed by atoms with Crippen LogP contribution in [0.3, 0.4) is 0 Å². The van der Waals surface area contributed by atoms with Gasteiger partial charge in [-0.2, -0.15) is 0 Å². The van der Waals surface area contributed by atoms with Crippen molar-refractivity contribution >= 4 is 11.9 Å². The first kappa shape index (κ1) is 16.0. The molecular formula is C15H21NO4. The highest BCUT2D eigenvalue weighted by molar-refractivity contribution is 5.81. The number of hydrogen-bond acceptors (Lipinski definition) is 4. The minimum Gasteiger partial charge on any atom is -0.497 e. The van der Waals surface area contributed by atoms with Crippen LogP contribution >= 0.6 is 0 Å². The van der Waals surface area contributed by atoms with Crippen molar-refractivity contribution in [1.29, 1.82) is 0 Å². The first-order valence-electron chi connectivity index (χ1n) is 6.59. The number of carbonyl (C=O) groups is 2. The summed E-state index contributed by atoms with van der Waals surface area (Å²) in [6.45, 7) is 2.57. The highest BCUT2D eigenvalue weighted by Gasteiger charge is 2.12. The molecule has 0 aliphatic carbocycles. The van der Waals surface area contributed by atoms with E-state index in [1.807, 2.05) is 24.3 Å². The average molecular weight is 279 g/mol. The van der Waals surface area contributed by atoms with Crippen LogP contribution in [0.15, 0.2) is 24.3 Å². The van der Waals surface area contributed by atoms with Crippen LogP contribution in [-0.4, -0.2) is 37.5 Å². The molecule has 1 aromatic rings. The van der Waals surface area contributed by atoms with Crippen LogP contribution in [0.5, 0.6) is 5.75 Å². The van der Waals surface area contributed by atoms with E-state index in [0.29, 0.717) is 13.2 Å². The molecule has 0 aromatic heterocycles. The van der Waals surface area contributed by atoms with Crippen molar-refractivity contribution in [2.75, 3.05) is 20.8 Å². The zero-order valence-electron chi connectivity index (χ0n) is 12.2. The van der Waals surface area contributed by atoms with Crippen molar-refractivity contribution < 1.29 is 19.1 Å². The topological polar surface area (TPSA) is 55.8 Å². The second kappa shape index (κ2) is 8.19. The van der Waals surface area contributed by atoms with Gasteiger partial charge in [-0.3, -0.25) is 9.59 Å². The Morgan fingerprint density at radius 1 is 1.25 bits per heavy atom. The van der Waals surface area contributed by atoms with Crippen LogP contribution in [0.25, 0.3) is 0 Å². The highest BCUT2D eigenvalue weighted by Crippen LogP contribution is 2.14. The van der Waals surface area contributed by atoms with Crippen molar-refractivity contribution in [3.63, 3.8) is 0 Å². The summed E-state index contributed by atoms with van der Waals surface area (Å²) in [5.74, 6) is 0.339. The second-order valence-electron chi connectivity index (χ2n) is 4.41. The Balaban J connectivity index is 2.46. The lowest BCUT2D eigenvalue weighted by atomic mass is 10.2. The van der Waals surface area contributed by atoms with E-state index in [1.54, 1.807) is 26.0 Å². The molecule has 1 rings (SSSR count). The monoisotopic (exact) mass is 279 g/mol. The standard InChI is InChI=1S/C15H21NO4/c1-4-20-15(18)9-8-14(17)16(2)11-12-6-5-7-13(10-12)19-3/h5-7,10H,4,8-9,11H2,1-3H3. The number of rotatable bonds is 7. The summed E-state index contributed by atoms with van der Waals surface area (Å²) in [6, 6.07) is 7.55. The van der Waals surface area contributed by atoms with Gasteiger partial charge in [-0.15, -0.1) is 0 Å². The van der Waals surface area contributed by atoms with Gasteiger partial charge < -0.3 is 14.4 Å². The van der Waals surface area contributed by atoms with E-state index < -0.39 is 0 Å². The highest BCUT2D eigenvalue weighted by atomic mass is 16.5. The SMILES string of the molecule is CCOC(=O)CCC(=O)N(C)Cc1cccc(OC)c1. The van der Waals surface area contributed by atoms with Gasteiger partial charge in [0.2, 0.25) is 5.91 Å². The number of benzene rings is 1. The van der Waals surface area contributed by atoms with Gasteiger partial charge in [0.1, 0.15) is 5.75 Å². The summed E-state index contributed by atoms with van der Waals surface area (Å²) < 4.78 is 9.93. The summed E-state index contributed by atoms with van der Waals surface area (Å²) in [4.78, 5) is 24.7. The maximum Gasteiger partial charge on any atom is 0.306 e. The van der Waals surface area contributed by atoms with Crippen LogP contribution in [0.1, 0.15) is 25.3 Å². The van der Waals surface area contributed by atoms with Crippen molar-refractivity contribution in [1.82, 2.24) is 4.90 Å². The van der Waals surface area contributed by atoms with Crippen molar-refractivity contribution in [3.05, 3.63) is 29.8 Å². The number of ether oxygens (including phenoxy) is 2. The minimum atomic E-state index is -0.337. The van der Waals surface area contributed by atoms with E-state index in [1.165, 1.54) is 0 Å². The Labute approximate surface area is 119 Å². The summed E-state index contributed by atoms with van der Waals surface area (Å²) >= 11 is 0. The molecule has 0 unspecified atom stereocenters. The molecule has 0 saturated heterocycles. The zero-order chi connectivity index (χ0) is 15.0. The molecule has 0 aliphatic rings. The van der Waals surface area contributed by atoms with Gasteiger partial charge in [-0.25, -0.2) is 0 Å². The van der Waals surface area contributed by atoms with E-state index in [2.05, 4.69) is 0 Å². The predicted molar refractivity (Wildman–Crippen MR) is 75.3 cm³/mol. The molecule has 1 aromatic carbocycles. The number of esters is 1.